The lowest BCUT2D eigenvalue weighted by Gasteiger charge is -2.24. The summed E-state index contributed by atoms with van der Waals surface area (Å²) in [5.41, 5.74) is 6.30. The molecule has 1 unspecified atom stereocenters. The van der Waals surface area contributed by atoms with Gasteiger partial charge >= 0.3 is 0 Å². The molecule has 3 rings (SSSR count). The van der Waals surface area contributed by atoms with Gasteiger partial charge in [0, 0.05) is 10.3 Å². The van der Waals surface area contributed by atoms with Gasteiger partial charge in [0.2, 0.25) is 0 Å². The van der Waals surface area contributed by atoms with Gasteiger partial charge in [-0.05, 0) is 53.0 Å². The normalized spacial score (nSPS) is 24.1. The van der Waals surface area contributed by atoms with Crippen LogP contribution < -0.4 is 0 Å². The molecular weight excluding hydrogens is 236 g/mol. The van der Waals surface area contributed by atoms with Crippen molar-refractivity contribution < 1.29 is 0 Å². The maximum atomic E-state index is 2.38. The molecule has 0 aromatic heterocycles. The fourth-order valence-electron chi connectivity index (χ4n) is 3.29. The zero-order chi connectivity index (χ0) is 12.9. The summed E-state index contributed by atoms with van der Waals surface area (Å²) in [6, 6.07) is 6.98. The molecule has 0 fully saturated rings. The van der Waals surface area contributed by atoms with Gasteiger partial charge in [-0.2, -0.15) is 0 Å². The van der Waals surface area contributed by atoms with E-state index in [1.807, 2.05) is 11.8 Å². The third kappa shape index (κ3) is 1.60. The van der Waals surface area contributed by atoms with Crippen molar-refractivity contribution in [2.45, 2.75) is 37.5 Å². The van der Waals surface area contributed by atoms with Crippen LogP contribution in [0.1, 0.15) is 38.3 Å². The minimum absolute atomic E-state index is 0.179. The lowest BCUT2D eigenvalue weighted by molar-refractivity contribution is 0.643. The van der Waals surface area contributed by atoms with E-state index >= 15 is 0 Å². The molecule has 1 aromatic carbocycles. The molecule has 94 valence electrons. The Labute approximate surface area is 114 Å². The lowest BCUT2D eigenvalue weighted by Crippen LogP contribution is -2.17. The maximum absolute atomic E-state index is 2.38. The van der Waals surface area contributed by atoms with Crippen molar-refractivity contribution in [1.82, 2.24) is 0 Å². The van der Waals surface area contributed by atoms with Crippen molar-refractivity contribution in [3.8, 4) is 0 Å². The predicted octanol–water partition coefficient (Wildman–Crippen LogP) is 5.05. The van der Waals surface area contributed by atoms with Crippen LogP contribution in [0.4, 0.5) is 0 Å². The topological polar surface area (TPSA) is 0 Å². The first kappa shape index (κ1) is 12.1. The Hall–Kier alpha value is -0.950. The molecule has 2 aliphatic rings. The van der Waals surface area contributed by atoms with Crippen LogP contribution in [-0.4, -0.2) is 6.26 Å². The van der Waals surface area contributed by atoms with Crippen molar-refractivity contribution in [2.24, 2.45) is 5.92 Å². The fourth-order valence-corrected chi connectivity index (χ4v) is 3.73. The summed E-state index contributed by atoms with van der Waals surface area (Å²) < 4.78 is 0. The van der Waals surface area contributed by atoms with Gasteiger partial charge in [-0.3, -0.25) is 0 Å². The predicted molar refractivity (Wildman–Crippen MR) is 81.1 cm³/mol. The highest BCUT2D eigenvalue weighted by molar-refractivity contribution is 7.98. The van der Waals surface area contributed by atoms with E-state index in [4.69, 9.17) is 0 Å². The summed E-state index contributed by atoms with van der Waals surface area (Å²) in [5.74, 6) is 0.670. The smallest absolute Gasteiger partial charge is 0.0155 e. The molecule has 1 atom stereocenters. The summed E-state index contributed by atoms with van der Waals surface area (Å²) in [7, 11) is 0. The second-order valence-corrected chi connectivity index (χ2v) is 6.85. The van der Waals surface area contributed by atoms with Gasteiger partial charge in [0.25, 0.3) is 0 Å². The van der Waals surface area contributed by atoms with Crippen molar-refractivity contribution in [3.05, 3.63) is 47.1 Å². The molecule has 1 aromatic rings. The fraction of sp³-hybridized carbons (Fsp3) is 0.412. The van der Waals surface area contributed by atoms with E-state index in [-0.39, 0.29) is 5.41 Å². The Balaban J connectivity index is 2.21. The Morgan fingerprint density at radius 3 is 2.78 bits per heavy atom. The van der Waals surface area contributed by atoms with Crippen molar-refractivity contribution >= 4 is 17.3 Å². The summed E-state index contributed by atoms with van der Waals surface area (Å²) >= 11 is 1.83. The molecule has 0 spiro atoms. The van der Waals surface area contributed by atoms with Crippen LogP contribution in [0.25, 0.3) is 5.57 Å². The van der Waals surface area contributed by atoms with Gasteiger partial charge in [-0.1, -0.05) is 39.0 Å². The molecule has 0 amide bonds. The van der Waals surface area contributed by atoms with Gasteiger partial charge in [0.05, 0.1) is 0 Å². The van der Waals surface area contributed by atoms with Crippen LogP contribution in [0.2, 0.25) is 0 Å². The Morgan fingerprint density at radius 2 is 2.06 bits per heavy atom. The number of fused-ring (bicyclic) bond motifs is 2. The Kier molecular flexibility index (Phi) is 2.71. The quantitative estimate of drug-likeness (QED) is 0.634. The van der Waals surface area contributed by atoms with E-state index in [1.54, 1.807) is 5.57 Å². The highest BCUT2D eigenvalue weighted by atomic mass is 32.2. The van der Waals surface area contributed by atoms with E-state index in [2.05, 4.69) is 57.4 Å². The maximum Gasteiger partial charge on any atom is 0.0155 e. The molecule has 0 aliphatic heterocycles. The van der Waals surface area contributed by atoms with Crippen molar-refractivity contribution in [3.63, 3.8) is 0 Å². The Bertz CT molecular complexity index is 561. The summed E-state index contributed by atoms with van der Waals surface area (Å²) in [6.07, 6.45) is 8.07. The van der Waals surface area contributed by atoms with E-state index < -0.39 is 0 Å². The first-order valence-electron chi connectivity index (χ1n) is 6.64. The number of hydrogen-bond donors (Lipinski definition) is 0. The Morgan fingerprint density at radius 1 is 1.28 bits per heavy atom. The van der Waals surface area contributed by atoms with Gasteiger partial charge < -0.3 is 0 Å². The largest absolute Gasteiger partial charge is 0.130 e. The molecular formula is C17H20S. The molecule has 0 radical (unpaired) electrons. The second-order valence-electron chi connectivity index (χ2n) is 5.97. The van der Waals surface area contributed by atoms with E-state index in [9.17, 15) is 0 Å². The van der Waals surface area contributed by atoms with E-state index in [0.717, 1.165) is 0 Å². The van der Waals surface area contributed by atoms with Crippen LogP contribution in [0.5, 0.6) is 0 Å². The monoisotopic (exact) mass is 256 g/mol. The van der Waals surface area contributed by atoms with Crippen LogP contribution >= 0.6 is 11.8 Å². The molecule has 2 aliphatic carbocycles. The van der Waals surface area contributed by atoms with Crippen LogP contribution in [0.3, 0.4) is 0 Å². The average Bonchev–Trinajstić information content (AvgIpc) is 2.58. The van der Waals surface area contributed by atoms with E-state index in [0.29, 0.717) is 5.92 Å². The van der Waals surface area contributed by atoms with Gasteiger partial charge in [0.1, 0.15) is 0 Å². The second kappa shape index (κ2) is 4.03. The zero-order valence-corrected chi connectivity index (χ0v) is 12.4. The molecule has 0 N–H and O–H groups in total. The van der Waals surface area contributed by atoms with Crippen LogP contribution in [0, 0.1) is 5.92 Å². The molecule has 18 heavy (non-hydrogen) atoms. The number of allylic oxidation sites excluding steroid dienone is 4. The average molecular weight is 256 g/mol. The standard InChI is InChI=1S/C17H20S/c1-11-5-7-15-13(9-11)14-10-12(18-4)6-8-16(14)17(15,2)3/h5-8,10-11H,9H2,1-4H3. The van der Waals surface area contributed by atoms with E-state index in [1.165, 1.54) is 28.0 Å². The molecule has 0 saturated carbocycles. The summed E-state index contributed by atoms with van der Waals surface area (Å²) in [6.45, 7) is 7.02. The lowest BCUT2D eigenvalue weighted by atomic mass is 9.79. The number of hydrogen-bond acceptors (Lipinski definition) is 1. The minimum atomic E-state index is 0.179. The van der Waals surface area contributed by atoms with Gasteiger partial charge in [-0.15, -0.1) is 11.8 Å². The third-order valence-electron chi connectivity index (χ3n) is 4.34. The molecule has 0 nitrogen and oxygen atoms in total. The van der Waals surface area contributed by atoms with Crippen molar-refractivity contribution in [2.75, 3.05) is 6.26 Å². The molecule has 0 saturated heterocycles. The number of thioether (sulfide) groups is 1. The molecule has 0 heterocycles. The minimum Gasteiger partial charge on any atom is -0.130 e. The highest BCUT2D eigenvalue weighted by Crippen LogP contribution is 2.51. The van der Waals surface area contributed by atoms with Crippen LogP contribution in [-0.2, 0) is 5.41 Å². The summed E-state index contributed by atoms with van der Waals surface area (Å²) in [4.78, 5) is 1.38. The summed E-state index contributed by atoms with van der Waals surface area (Å²) in [5, 5.41) is 0. The zero-order valence-electron chi connectivity index (χ0n) is 11.6. The molecule has 0 bridgehead atoms. The first-order valence-corrected chi connectivity index (χ1v) is 7.87. The highest BCUT2D eigenvalue weighted by Gasteiger charge is 2.37. The first-order chi connectivity index (χ1) is 8.54. The van der Waals surface area contributed by atoms with Gasteiger partial charge in [0.15, 0.2) is 0 Å². The number of rotatable bonds is 1. The number of benzene rings is 1. The third-order valence-corrected chi connectivity index (χ3v) is 5.07. The van der Waals surface area contributed by atoms with Crippen molar-refractivity contribution in [1.29, 1.82) is 0 Å². The molecule has 1 heteroatoms. The SMILES string of the molecule is CSc1ccc2c(c1)C1=C(C=CC(C)C1)C2(C)C. The van der Waals surface area contributed by atoms with Gasteiger partial charge in [-0.25, -0.2) is 0 Å². The van der Waals surface area contributed by atoms with Crippen LogP contribution in [0.15, 0.2) is 40.8 Å².